The molecule has 0 aromatic heterocycles. The number of amides is 2. The lowest BCUT2D eigenvalue weighted by atomic mass is 9.90. The minimum absolute atomic E-state index is 0.0111. The number of likely N-dealkylation sites (tertiary alicyclic amines) is 2. The molecule has 0 bridgehead atoms. The summed E-state index contributed by atoms with van der Waals surface area (Å²) in [6.07, 6.45) is 4.52. The van der Waals surface area contributed by atoms with Crippen molar-refractivity contribution in [1.82, 2.24) is 14.7 Å². The third kappa shape index (κ3) is 6.20. The highest BCUT2D eigenvalue weighted by atomic mass is 16.5. The third-order valence-corrected chi connectivity index (χ3v) is 6.66. The number of piperidine rings is 2. The van der Waals surface area contributed by atoms with Gasteiger partial charge in [0.1, 0.15) is 11.9 Å². The maximum absolute atomic E-state index is 13.0. The Kier molecular flexibility index (Phi) is 7.81. The number of ether oxygens (including phenoxy) is 2. The van der Waals surface area contributed by atoms with Crippen LogP contribution in [0.25, 0.3) is 0 Å². The fourth-order valence-electron chi connectivity index (χ4n) is 4.81. The van der Waals surface area contributed by atoms with Crippen LogP contribution in [0.3, 0.4) is 0 Å². The Morgan fingerprint density at radius 1 is 0.903 bits per heavy atom. The maximum atomic E-state index is 13.0. The van der Waals surface area contributed by atoms with Gasteiger partial charge in [-0.1, -0.05) is 18.2 Å². The van der Waals surface area contributed by atoms with Crippen LogP contribution in [0, 0.1) is 5.92 Å². The monoisotopic (exact) mass is 429 g/mol. The number of rotatable bonds is 6. The molecule has 3 aliphatic heterocycles. The molecule has 0 saturated carbocycles. The van der Waals surface area contributed by atoms with Gasteiger partial charge in [0.05, 0.1) is 19.8 Å². The zero-order valence-electron chi connectivity index (χ0n) is 18.4. The summed E-state index contributed by atoms with van der Waals surface area (Å²) in [4.78, 5) is 32.1. The standard InChI is InChI=1S/C24H35N3O4/c28-23(26-10-5-2-6-11-26)17-20-18-27(24(29)19-25-13-15-30-16-14-25)12-9-22(20)31-21-7-3-1-4-8-21/h1,3-4,7-8,20,22H,2,5-6,9-19H2/t20-,22-/m0/s1. The average Bonchev–Trinajstić information content (AvgIpc) is 2.82. The molecule has 0 N–H and O–H groups in total. The Morgan fingerprint density at radius 2 is 1.65 bits per heavy atom. The number of hydrogen-bond donors (Lipinski definition) is 0. The minimum Gasteiger partial charge on any atom is -0.490 e. The molecule has 1 aromatic carbocycles. The van der Waals surface area contributed by atoms with Crippen LogP contribution in [-0.2, 0) is 14.3 Å². The van der Waals surface area contributed by atoms with Gasteiger partial charge in [0.15, 0.2) is 0 Å². The molecule has 4 rings (SSSR count). The molecule has 3 aliphatic rings. The Hall–Kier alpha value is -2.12. The number of hydrogen-bond acceptors (Lipinski definition) is 5. The lowest BCUT2D eigenvalue weighted by molar-refractivity contribution is -0.141. The molecule has 7 nitrogen and oxygen atoms in total. The number of carbonyl (C=O) groups is 2. The Balaban J connectivity index is 1.39. The largest absolute Gasteiger partial charge is 0.490 e. The first-order valence-corrected chi connectivity index (χ1v) is 11.8. The van der Waals surface area contributed by atoms with E-state index in [2.05, 4.69) is 4.90 Å². The number of benzene rings is 1. The number of nitrogens with zero attached hydrogens (tertiary/aromatic N) is 3. The van der Waals surface area contributed by atoms with Gasteiger partial charge in [-0.3, -0.25) is 14.5 Å². The Morgan fingerprint density at radius 3 is 2.39 bits per heavy atom. The summed E-state index contributed by atoms with van der Waals surface area (Å²) in [5.41, 5.74) is 0. The van der Waals surface area contributed by atoms with Gasteiger partial charge >= 0.3 is 0 Å². The highest BCUT2D eigenvalue weighted by molar-refractivity contribution is 5.79. The van der Waals surface area contributed by atoms with Crippen LogP contribution < -0.4 is 4.74 Å². The fourth-order valence-corrected chi connectivity index (χ4v) is 4.81. The molecule has 0 spiro atoms. The van der Waals surface area contributed by atoms with Crippen molar-refractivity contribution >= 4 is 11.8 Å². The third-order valence-electron chi connectivity index (χ3n) is 6.66. The summed E-state index contributed by atoms with van der Waals surface area (Å²) < 4.78 is 11.7. The number of carbonyl (C=O) groups excluding carboxylic acids is 2. The second-order valence-electron chi connectivity index (χ2n) is 8.89. The highest BCUT2D eigenvalue weighted by Crippen LogP contribution is 2.27. The Bertz CT molecular complexity index is 717. The van der Waals surface area contributed by atoms with Gasteiger partial charge in [-0.05, 0) is 31.4 Å². The number of morpholine rings is 1. The molecule has 0 aliphatic carbocycles. The predicted molar refractivity (Wildman–Crippen MR) is 118 cm³/mol. The molecule has 3 heterocycles. The van der Waals surface area contributed by atoms with E-state index in [9.17, 15) is 9.59 Å². The molecule has 3 fully saturated rings. The lowest BCUT2D eigenvalue weighted by Gasteiger charge is -2.40. The molecule has 0 radical (unpaired) electrons. The van der Waals surface area contributed by atoms with Crippen LogP contribution in [0.15, 0.2) is 30.3 Å². The lowest BCUT2D eigenvalue weighted by Crippen LogP contribution is -2.52. The van der Waals surface area contributed by atoms with Crippen molar-refractivity contribution in [3.8, 4) is 5.75 Å². The molecule has 2 atom stereocenters. The average molecular weight is 430 g/mol. The summed E-state index contributed by atoms with van der Waals surface area (Å²) >= 11 is 0. The zero-order valence-corrected chi connectivity index (χ0v) is 18.4. The van der Waals surface area contributed by atoms with Crippen LogP contribution in [0.4, 0.5) is 0 Å². The van der Waals surface area contributed by atoms with Gasteiger partial charge in [-0.2, -0.15) is 0 Å². The van der Waals surface area contributed by atoms with Gasteiger partial charge in [-0.15, -0.1) is 0 Å². The molecule has 1 aromatic rings. The van der Waals surface area contributed by atoms with E-state index < -0.39 is 0 Å². The van der Waals surface area contributed by atoms with Gasteiger partial charge in [0.25, 0.3) is 0 Å². The van der Waals surface area contributed by atoms with E-state index >= 15 is 0 Å². The van der Waals surface area contributed by atoms with Crippen LogP contribution in [-0.4, -0.2) is 91.6 Å². The quantitative estimate of drug-likeness (QED) is 0.692. The minimum atomic E-state index is -0.0522. The first-order valence-electron chi connectivity index (χ1n) is 11.8. The van der Waals surface area contributed by atoms with Gasteiger partial charge in [0.2, 0.25) is 11.8 Å². The molecule has 2 amide bonds. The normalized spacial score (nSPS) is 25.3. The first-order chi connectivity index (χ1) is 15.2. The van der Waals surface area contributed by atoms with E-state index in [0.717, 1.165) is 51.2 Å². The SMILES string of the molecule is O=C(C[C@H]1CN(C(=O)CN2CCOCC2)CC[C@@H]1Oc1ccccc1)N1CCCCC1. The van der Waals surface area contributed by atoms with Crippen molar-refractivity contribution < 1.29 is 19.1 Å². The van der Waals surface area contributed by atoms with Crippen LogP contribution >= 0.6 is 0 Å². The first kappa shape index (κ1) is 22.1. The highest BCUT2D eigenvalue weighted by Gasteiger charge is 2.35. The maximum Gasteiger partial charge on any atom is 0.236 e. The summed E-state index contributed by atoms with van der Waals surface area (Å²) in [7, 11) is 0. The molecule has 3 saturated heterocycles. The van der Waals surface area contributed by atoms with Gasteiger partial charge in [0, 0.05) is 58.0 Å². The summed E-state index contributed by atoms with van der Waals surface area (Å²) in [6.45, 7) is 6.38. The van der Waals surface area contributed by atoms with E-state index in [1.165, 1.54) is 6.42 Å². The fraction of sp³-hybridized carbons (Fsp3) is 0.667. The van der Waals surface area contributed by atoms with Crippen molar-refractivity contribution in [2.45, 2.75) is 38.2 Å². The predicted octanol–water partition coefficient (Wildman–Crippen LogP) is 2.02. The van der Waals surface area contributed by atoms with Crippen molar-refractivity contribution in [2.24, 2.45) is 5.92 Å². The summed E-state index contributed by atoms with van der Waals surface area (Å²) in [5, 5.41) is 0. The smallest absolute Gasteiger partial charge is 0.236 e. The molecule has 7 heteroatoms. The Labute approximate surface area is 185 Å². The topological polar surface area (TPSA) is 62.3 Å². The second-order valence-corrected chi connectivity index (χ2v) is 8.89. The number of para-hydroxylation sites is 1. The van der Waals surface area contributed by atoms with Crippen molar-refractivity contribution in [3.63, 3.8) is 0 Å². The van der Waals surface area contributed by atoms with Crippen LogP contribution in [0.2, 0.25) is 0 Å². The van der Waals surface area contributed by atoms with E-state index in [-0.39, 0.29) is 23.8 Å². The van der Waals surface area contributed by atoms with Gasteiger partial charge in [-0.25, -0.2) is 0 Å². The van der Waals surface area contributed by atoms with E-state index in [1.54, 1.807) is 0 Å². The molecule has 170 valence electrons. The van der Waals surface area contributed by atoms with E-state index in [4.69, 9.17) is 9.47 Å². The van der Waals surface area contributed by atoms with Crippen molar-refractivity contribution in [2.75, 3.05) is 59.0 Å². The molecular weight excluding hydrogens is 394 g/mol. The molecule has 0 unspecified atom stereocenters. The van der Waals surface area contributed by atoms with Crippen molar-refractivity contribution in [1.29, 1.82) is 0 Å². The van der Waals surface area contributed by atoms with Crippen LogP contribution in [0.5, 0.6) is 5.75 Å². The van der Waals surface area contributed by atoms with Crippen molar-refractivity contribution in [3.05, 3.63) is 30.3 Å². The summed E-state index contributed by atoms with van der Waals surface area (Å²) in [5.74, 6) is 1.19. The van der Waals surface area contributed by atoms with Gasteiger partial charge < -0.3 is 19.3 Å². The molecular formula is C24H35N3O4. The van der Waals surface area contributed by atoms with Crippen LogP contribution in [0.1, 0.15) is 32.1 Å². The zero-order chi connectivity index (χ0) is 21.5. The second kappa shape index (κ2) is 11.0. The van der Waals surface area contributed by atoms with E-state index in [1.807, 2.05) is 40.1 Å². The van der Waals surface area contributed by atoms with E-state index in [0.29, 0.717) is 39.3 Å². The summed E-state index contributed by atoms with van der Waals surface area (Å²) in [6, 6.07) is 9.81. The molecule has 31 heavy (non-hydrogen) atoms.